The normalized spacial score (nSPS) is 15.8. The van der Waals surface area contributed by atoms with Crippen LogP contribution in [0, 0.1) is 0 Å². The summed E-state index contributed by atoms with van der Waals surface area (Å²) in [5, 5.41) is 8.60. The van der Waals surface area contributed by atoms with Gasteiger partial charge in [0.15, 0.2) is 9.84 Å². The summed E-state index contributed by atoms with van der Waals surface area (Å²) in [7, 11) is -3.03. The first-order valence-electron chi connectivity index (χ1n) is 10.2. The molecule has 0 atom stereocenters. The Balaban J connectivity index is 1.38. The summed E-state index contributed by atoms with van der Waals surface area (Å²) in [4.78, 5) is 4.74. The highest BCUT2D eigenvalue weighted by molar-refractivity contribution is 7.89. The van der Waals surface area contributed by atoms with E-state index >= 15 is 0 Å². The van der Waals surface area contributed by atoms with Gasteiger partial charge in [0.1, 0.15) is 0 Å². The Morgan fingerprint density at radius 1 is 0.933 bits per heavy atom. The molecule has 0 spiro atoms. The molecule has 2 aromatic carbocycles. The highest BCUT2D eigenvalue weighted by Crippen LogP contribution is 2.20. The molecule has 7 nitrogen and oxygen atoms in total. The van der Waals surface area contributed by atoms with Gasteiger partial charge in [-0.05, 0) is 36.2 Å². The smallest absolute Gasteiger partial charge is 0.151 e. The largest absolute Gasteiger partial charge is 0.370 e. The second kappa shape index (κ2) is 8.97. The molecule has 1 aromatic heterocycles. The molecule has 2 heterocycles. The van der Waals surface area contributed by atoms with Gasteiger partial charge < -0.3 is 4.90 Å². The van der Waals surface area contributed by atoms with Crippen molar-refractivity contribution in [2.45, 2.75) is 18.7 Å². The second-order valence-corrected chi connectivity index (χ2v) is 9.99. The third-order valence-electron chi connectivity index (χ3n) is 5.24. The molecule has 4 rings (SSSR count). The van der Waals surface area contributed by atoms with Crippen LogP contribution in [0.1, 0.15) is 17.7 Å². The average molecular weight is 426 g/mol. The Labute approximate surface area is 177 Å². The lowest BCUT2D eigenvalue weighted by Gasteiger charge is -2.24. The van der Waals surface area contributed by atoms with Crippen LogP contribution in [-0.4, -0.2) is 60.7 Å². The molecule has 0 aliphatic carbocycles. The minimum absolute atomic E-state index is 0.0812. The van der Waals surface area contributed by atoms with E-state index in [1.54, 1.807) is 0 Å². The number of hydrogen-bond donors (Lipinski definition) is 0. The summed E-state index contributed by atoms with van der Waals surface area (Å²) in [6.07, 6.45) is 4.31. The Morgan fingerprint density at radius 3 is 2.53 bits per heavy atom. The van der Waals surface area contributed by atoms with E-state index in [0.717, 1.165) is 61.8 Å². The summed E-state index contributed by atoms with van der Waals surface area (Å²) in [5.41, 5.74) is 3.90. The molecule has 3 aromatic rings. The predicted octanol–water partition coefficient (Wildman–Crippen LogP) is 2.52. The van der Waals surface area contributed by atoms with Crippen LogP contribution in [0.5, 0.6) is 0 Å². The van der Waals surface area contributed by atoms with Gasteiger partial charge in [-0.1, -0.05) is 35.5 Å². The molecule has 0 bridgehead atoms. The van der Waals surface area contributed by atoms with E-state index in [4.69, 9.17) is 0 Å². The highest BCUT2D eigenvalue weighted by atomic mass is 32.2. The zero-order chi connectivity index (χ0) is 21.0. The van der Waals surface area contributed by atoms with Gasteiger partial charge >= 0.3 is 0 Å². The van der Waals surface area contributed by atoms with Crippen molar-refractivity contribution in [3.8, 4) is 5.69 Å². The van der Waals surface area contributed by atoms with Crippen molar-refractivity contribution in [1.82, 2.24) is 19.9 Å². The van der Waals surface area contributed by atoms with Gasteiger partial charge in [0, 0.05) is 44.7 Å². The minimum Gasteiger partial charge on any atom is -0.370 e. The molecule has 1 aliphatic rings. The van der Waals surface area contributed by atoms with E-state index < -0.39 is 9.84 Å². The fraction of sp³-hybridized carbons (Fsp3) is 0.364. The lowest BCUT2D eigenvalue weighted by molar-refractivity contribution is 0.282. The number of hydrogen-bond acceptors (Lipinski definition) is 6. The van der Waals surface area contributed by atoms with Gasteiger partial charge in [-0.25, -0.2) is 13.1 Å². The van der Waals surface area contributed by atoms with Crippen LogP contribution >= 0.6 is 0 Å². The van der Waals surface area contributed by atoms with E-state index in [0.29, 0.717) is 0 Å². The zero-order valence-corrected chi connectivity index (χ0v) is 18.0. The number of rotatable bonds is 6. The van der Waals surface area contributed by atoms with Crippen molar-refractivity contribution in [2.24, 2.45) is 0 Å². The molecule has 1 fully saturated rings. The Bertz CT molecular complexity index is 1080. The van der Waals surface area contributed by atoms with Crippen molar-refractivity contribution >= 4 is 15.5 Å². The fourth-order valence-corrected chi connectivity index (χ4v) is 4.62. The first-order chi connectivity index (χ1) is 14.5. The standard InChI is InChI=1S/C22H27N5O2S/c1-30(28,29)18-19-7-5-10-22(15-19)26-12-6-11-25(13-14-26)16-20-17-27(24-23-20)21-8-3-2-4-9-21/h2-5,7-10,15,17H,6,11-14,16,18H2,1H3. The van der Waals surface area contributed by atoms with Crippen LogP contribution in [0.2, 0.25) is 0 Å². The van der Waals surface area contributed by atoms with Crippen LogP contribution in [0.25, 0.3) is 5.69 Å². The number of para-hydroxylation sites is 1. The molecule has 158 valence electrons. The Morgan fingerprint density at radius 2 is 1.73 bits per heavy atom. The monoisotopic (exact) mass is 425 g/mol. The SMILES string of the molecule is CS(=O)(=O)Cc1cccc(N2CCCN(Cc3cn(-c4ccccc4)nn3)CC2)c1. The van der Waals surface area contributed by atoms with E-state index in [2.05, 4.69) is 26.2 Å². The molecule has 8 heteroatoms. The lowest BCUT2D eigenvalue weighted by Crippen LogP contribution is -2.30. The minimum atomic E-state index is -3.03. The summed E-state index contributed by atoms with van der Waals surface area (Å²) in [5.74, 6) is 0.0812. The van der Waals surface area contributed by atoms with E-state index in [9.17, 15) is 8.42 Å². The van der Waals surface area contributed by atoms with Gasteiger partial charge in [-0.15, -0.1) is 5.10 Å². The van der Waals surface area contributed by atoms with E-state index in [-0.39, 0.29) is 5.75 Å². The van der Waals surface area contributed by atoms with Gasteiger partial charge in [-0.3, -0.25) is 4.90 Å². The molecule has 0 N–H and O–H groups in total. The summed E-state index contributed by atoms with van der Waals surface area (Å²) in [6, 6.07) is 17.9. The number of anilines is 1. The molecule has 0 saturated carbocycles. The molecular weight excluding hydrogens is 398 g/mol. The van der Waals surface area contributed by atoms with Crippen molar-refractivity contribution in [1.29, 1.82) is 0 Å². The first kappa shape index (κ1) is 20.6. The molecule has 0 radical (unpaired) electrons. The Hall–Kier alpha value is -2.71. The summed E-state index contributed by atoms with van der Waals surface area (Å²) in [6.45, 7) is 4.55. The number of sulfone groups is 1. The van der Waals surface area contributed by atoms with Crippen molar-refractivity contribution in [3.63, 3.8) is 0 Å². The first-order valence-corrected chi connectivity index (χ1v) is 12.2. The van der Waals surface area contributed by atoms with Crippen molar-refractivity contribution in [2.75, 3.05) is 37.3 Å². The third-order valence-corrected chi connectivity index (χ3v) is 6.10. The topological polar surface area (TPSA) is 71.3 Å². The van der Waals surface area contributed by atoms with Gasteiger partial charge in [0.2, 0.25) is 0 Å². The van der Waals surface area contributed by atoms with Gasteiger partial charge in [0.05, 0.1) is 23.3 Å². The van der Waals surface area contributed by atoms with Gasteiger partial charge in [-0.2, -0.15) is 0 Å². The average Bonchev–Trinajstić information content (AvgIpc) is 3.05. The maximum absolute atomic E-state index is 11.6. The molecular formula is C22H27N5O2S. The second-order valence-electron chi connectivity index (χ2n) is 7.85. The fourth-order valence-electron chi connectivity index (χ4n) is 3.84. The number of benzene rings is 2. The lowest BCUT2D eigenvalue weighted by atomic mass is 10.2. The summed E-state index contributed by atoms with van der Waals surface area (Å²) < 4.78 is 25.1. The quantitative estimate of drug-likeness (QED) is 0.604. The van der Waals surface area contributed by atoms with E-state index in [1.165, 1.54) is 6.26 Å². The maximum atomic E-state index is 11.6. The molecule has 0 amide bonds. The Kier molecular flexibility index (Phi) is 6.15. The predicted molar refractivity (Wildman–Crippen MR) is 118 cm³/mol. The number of nitrogens with zero attached hydrogens (tertiary/aromatic N) is 5. The molecule has 1 saturated heterocycles. The van der Waals surface area contributed by atoms with Crippen LogP contribution < -0.4 is 4.90 Å². The third kappa shape index (κ3) is 5.46. The zero-order valence-electron chi connectivity index (χ0n) is 17.2. The maximum Gasteiger partial charge on any atom is 0.151 e. The van der Waals surface area contributed by atoms with Crippen molar-refractivity contribution in [3.05, 3.63) is 72.1 Å². The van der Waals surface area contributed by atoms with Crippen molar-refractivity contribution < 1.29 is 8.42 Å². The number of aromatic nitrogens is 3. The van der Waals surface area contributed by atoms with Crippen LogP contribution in [0.4, 0.5) is 5.69 Å². The van der Waals surface area contributed by atoms with Crippen LogP contribution in [0.3, 0.4) is 0 Å². The molecule has 1 aliphatic heterocycles. The van der Waals surface area contributed by atoms with Crippen LogP contribution in [-0.2, 0) is 22.1 Å². The van der Waals surface area contributed by atoms with E-state index in [1.807, 2.05) is 59.4 Å². The molecule has 30 heavy (non-hydrogen) atoms. The van der Waals surface area contributed by atoms with Crippen LogP contribution in [0.15, 0.2) is 60.8 Å². The highest BCUT2D eigenvalue weighted by Gasteiger charge is 2.17. The molecule has 0 unspecified atom stereocenters. The van der Waals surface area contributed by atoms with Gasteiger partial charge in [0.25, 0.3) is 0 Å². The summed E-state index contributed by atoms with van der Waals surface area (Å²) >= 11 is 0.